The van der Waals surface area contributed by atoms with Gasteiger partial charge in [-0.1, -0.05) is 30.3 Å². The highest BCUT2D eigenvalue weighted by Gasteiger charge is 2.53. The molecular formula is C31H30N6O2. The van der Waals surface area contributed by atoms with Gasteiger partial charge >= 0.3 is 0 Å². The van der Waals surface area contributed by atoms with E-state index in [1.807, 2.05) is 58.6 Å². The van der Waals surface area contributed by atoms with Crippen LogP contribution in [0.4, 0.5) is 5.69 Å². The van der Waals surface area contributed by atoms with Gasteiger partial charge in [-0.2, -0.15) is 0 Å². The number of rotatable bonds is 5. The lowest BCUT2D eigenvalue weighted by molar-refractivity contribution is -0.136. The Labute approximate surface area is 226 Å². The lowest BCUT2D eigenvalue weighted by Crippen LogP contribution is -2.50. The third-order valence-electron chi connectivity index (χ3n) is 8.76. The quantitative estimate of drug-likeness (QED) is 0.429. The van der Waals surface area contributed by atoms with E-state index in [0.717, 1.165) is 51.7 Å². The second-order valence-corrected chi connectivity index (χ2v) is 11.2. The number of nitrogens with zero attached hydrogens (tertiary/aromatic N) is 5. The van der Waals surface area contributed by atoms with Crippen LogP contribution >= 0.6 is 0 Å². The van der Waals surface area contributed by atoms with Crippen LogP contribution in [0.1, 0.15) is 43.4 Å². The second-order valence-electron chi connectivity index (χ2n) is 11.2. The Kier molecular flexibility index (Phi) is 5.49. The summed E-state index contributed by atoms with van der Waals surface area (Å²) in [5, 5.41) is 2.11. The Morgan fingerprint density at radius 2 is 1.72 bits per heavy atom. The Hall–Kier alpha value is -4.17. The zero-order valence-corrected chi connectivity index (χ0v) is 21.7. The second kappa shape index (κ2) is 8.95. The van der Waals surface area contributed by atoms with E-state index in [0.29, 0.717) is 38.9 Å². The number of likely N-dealkylation sites (tertiary alicyclic amines) is 1. The van der Waals surface area contributed by atoms with E-state index < -0.39 is 5.41 Å². The molecule has 0 bridgehead atoms. The number of benzene rings is 1. The molecule has 1 spiro atoms. The van der Waals surface area contributed by atoms with Gasteiger partial charge in [0.25, 0.3) is 0 Å². The fraction of sp³-hybridized carbons (Fsp3) is 0.323. The fourth-order valence-electron chi connectivity index (χ4n) is 6.32. The van der Waals surface area contributed by atoms with Crippen LogP contribution in [0, 0.1) is 0 Å². The molecule has 0 radical (unpaired) electrons. The number of carbonyl (C=O) groups is 2. The number of fused-ring (bicyclic) bond motifs is 3. The predicted octanol–water partition coefficient (Wildman–Crippen LogP) is 3.98. The van der Waals surface area contributed by atoms with Crippen molar-refractivity contribution in [1.82, 2.24) is 19.9 Å². The Bertz CT molecular complexity index is 1590. The highest BCUT2D eigenvalue weighted by molar-refractivity contribution is 6.08. The highest BCUT2D eigenvalue weighted by atomic mass is 16.2. The minimum atomic E-state index is -0.666. The molecule has 2 N–H and O–H groups in total. The van der Waals surface area contributed by atoms with Crippen molar-refractivity contribution in [3.8, 4) is 11.1 Å². The molecule has 8 nitrogen and oxygen atoms in total. The van der Waals surface area contributed by atoms with E-state index in [1.165, 1.54) is 0 Å². The SMILES string of the molecule is NC1(CC(=O)N2CCC3(CC2)C(=O)N(Cc2ncc4ccccc4c2-c2cccnc2)c2cnccc23)CC1. The van der Waals surface area contributed by atoms with Crippen LogP contribution in [0.5, 0.6) is 0 Å². The molecule has 2 aliphatic heterocycles. The van der Waals surface area contributed by atoms with E-state index in [-0.39, 0.29) is 17.4 Å². The number of pyridine rings is 3. The summed E-state index contributed by atoms with van der Waals surface area (Å²) < 4.78 is 0. The maximum absolute atomic E-state index is 14.3. The van der Waals surface area contributed by atoms with Gasteiger partial charge < -0.3 is 15.5 Å². The van der Waals surface area contributed by atoms with Crippen LogP contribution in [0.2, 0.25) is 0 Å². The van der Waals surface area contributed by atoms with Crippen molar-refractivity contribution < 1.29 is 9.59 Å². The van der Waals surface area contributed by atoms with Gasteiger partial charge in [-0.05, 0) is 48.8 Å². The summed E-state index contributed by atoms with van der Waals surface area (Å²) in [6, 6.07) is 14.1. The third kappa shape index (κ3) is 3.98. The molecule has 3 aromatic heterocycles. The highest BCUT2D eigenvalue weighted by Crippen LogP contribution is 2.49. The van der Waals surface area contributed by atoms with Gasteiger partial charge in [0.15, 0.2) is 0 Å². The first-order valence-electron chi connectivity index (χ1n) is 13.6. The van der Waals surface area contributed by atoms with Gasteiger partial charge in [-0.3, -0.25) is 24.5 Å². The van der Waals surface area contributed by atoms with Crippen molar-refractivity contribution in [2.24, 2.45) is 5.73 Å². The van der Waals surface area contributed by atoms with Gasteiger partial charge in [0, 0.05) is 66.3 Å². The lowest BCUT2D eigenvalue weighted by Gasteiger charge is -2.39. The topological polar surface area (TPSA) is 105 Å². The first-order chi connectivity index (χ1) is 19.0. The van der Waals surface area contributed by atoms with Crippen molar-refractivity contribution in [3.05, 3.63) is 84.7 Å². The zero-order chi connectivity index (χ0) is 26.6. The van der Waals surface area contributed by atoms with Gasteiger partial charge in [-0.15, -0.1) is 0 Å². The Morgan fingerprint density at radius 3 is 2.49 bits per heavy atom. The molecule has 0 atom stereocenters. The van der Waals surface area contributed by atoms with Crippen molar-refractivity contribution in [2.45, 2.75) is 49.6 Å². The smallest absolute Gasteiger partial charge is 0.238 e. The number of anilines is 1. The van der Waals surface area contributed by atoms with Crippen LogP contribution in [0.25, 0.3) is 21.9 Å². The van der Waals surface area contributed by atoms with E-state index in [9.17, 15) is 9.59 Å². The van der Waals surface area contributed by atoms with E-state index in [1.54, 1.807) is 18.6 Å². The van der Waals surface area contributed by atoms with Gasteiger partial charge in [-0.25, -0.2) is 0 Å². The zero-order valence-electron chi connectivity index (χ0n) is 21.7. The minimum Gasteiger partial charge on any atom is -0.343 e. The van der Waals surface area contributed by atoms with Gasteiger partial charge in [0.2, 0.25) is 11.8 Å². The average molecular weight is 519 g/mol. The molecule has 4 aromatic rings. The van der Waals surface area contributed by atoms with Crippen LogP contribution in [-0.4, -0.2) is 50.3 Å². The van der Waals surface area contributed by atoms with E-state index in [4.69, 9.17) is 10.7 Å². The summed E-state index contributed by atoms with van der Waals surface area (Å²) in [6.45, 7) is 1.42. The Balaban J connectivity index is 1.23. The maximum atomic E-state index is 14.3. The minimum absolute atomic E-state index is 0.0576. The standard InChI is InChI=1S/C31H30N6O2/c32-30(8-9-30)16-27(38)36-14-10-31(11-15-36)24-7-13-34-19-26(24)37(29(31)39)20-25-28(22-5-3-12-33-17-22)23-6-2-1-4-21(23)18-35-25/h1-7,12-13,17-19H,8-11,14-16,20,32H2. The molecule has 39 heavy (non-hydrogen) atoms. The monoisotopic (exact) mass is 518 g/mol. The molecule has 2 amide bonds. The number of aromatic nitrogens is 3. The van der Waals surface area contributed by atoms with E-state index >= 15 is 0 Å². The summed E-state index contributed by atoms with van der Waals surface area (Å²) >= 11 is 0. The number of hydrogen-bond donors (Lipinski definition) is 1. The van der Waals surface area contributed by atoms with Crippen LogP contribution < -0.4 is 10.6 Å². The molecule has 5 heterocycles. The summed E-state index contributed by atoms with van der Waals surface area (Å²) in [4.78, 5) is 44.5. The van der Waals surface area contributed by atoms with Crippen molar-refractivity contribution in [3.63, 3.8) is 0 Å². The molecule has 7 rings (SSSR count). The third-order valence-corrected chi connectivity index (χ3v) is 8.76. The van der Waals surface area contributed by atoms with Crippen molar-refractivity contribution in [1.29, 1.82) is 0 Å². The van der Waals surface area contributed by atoms with Gasteiger partial charge in [0.05, 0.1) is 29.5 Å². The molecule has 1 saturated heterocycles. The van der Waals surface area contributed by atoms with Crippen LogP contribution in [-0.2, 0) is 21.5 Å². The molecule has 2 fully saturated rings. The molecular weight excluding hydrogens is 488 g/mol. The Morgan fingerprint density at radius 1 is 0.923 bits per heavy atom. The molecule has 1 saturated carbocycles. The molecule has 0 unspecified atom stereocenters. The average Bonchev–Trinajstić information content (AvgIpc) is 3.66. The molecule has 1 aromatic carbocycles. The summed E-state index contributed by atoms with van der Waals surface area (Å²) in [6.07, 6.45) is 12.4. The number of nitrogens with two attached hydrogens (primary N) is 1. The first kappa shape index (κ1) is 23.9. The van der Waals surface area contributed by atoms with E-state index in [2.05, 4.69) is 16.0 Å². The maximum Gasteiger partial charge on any atom is 0.238 e. The normalized spacial score (nSPS) is 18.9. The van der Waals surface area contributed by atoms with Crippen molar-refractivity contribution in [2.75, 3.05) is 18.0 Å². The van der Waals surface area contributed by atoms with Gasteiger partial charge in [0.1, 0.15) is 0 Å². The lowest BCUT2D eigenvalue weighted by atomic mass is 9.74. The molecule has 3 aliphatic rings. The largest absolute Gasteiger partial charge is 0.343 e. The van der Waals surface area contributed by atoms with Crippen molar-refractivity contribution >= 4 is 28.3 Å². The van der Waals surface area contributed by atoms with Crippen LogP contribution in [0.15, 0.2) is 73.4 Å². The molecule has 196 valence electrons. The number of hydrogen-bond acceptors (Lipinski definition) is 6. The molecule has 8 heteroatoms. The predicted molar refractivity (Wildman–Crippen MR) is 149 cm³/mol. The summed E-state index contributed by atoms with van der Waals surface area (Å²) in [5.74, 6) is 0.158. The number of carbonyl (C=O) groups excluding carboxylic acids is 2. The number of piperidine rings is 1. The fourth-order valence-corrected chi connectivity index (χ4v) is 6.32. The first-order valence-corrected chi connectivity index (χ1v) is 13.6. The van der Waals surface area contributed by atoms with Crippen LogP contribution in [0.3, 0.4) is 0 Å². The summed E-state index contributed by atoms with van der Waals surface area (Å²) in [5.41, 5.74) is 9.81. The molecule has 1 aliphatic carbocycles. The number of amides is 2. The summed E-state index contributed by atoms with van der Waals surface area (Å²) in [7, 11) is 0.